The van der Waals surface area contributed by atoms with E-state index in [0.29, 0.717) is 11.5 Å². The summed E-state index contributed by atoms with van der Waals surface area (Å²) in [4.78, 5) is 23.7. The van der Waals surface area contributed by atoms with E-state index in [0.717, 1.165) is 12.1 Å². The van der Waals surface area contributed by atoms with Gasteiger partial charge < -0.3 is 14.2 Å². The third-order valence-corrected chi connectivity index (χ3v) is 3.50. The number of hydrogen-bond donors (Lipinski definition) is 2. The topological polar surface area (TPSA) is 85.9 Å². The lowest BCUT2D eigenvalue weighted by Crippen LogP contribution is -2.43. The van der Waals surface area contributed by atoms with Gasteiger partial charge in [0.2, 0.25) is 6.79 Å². The zero-order valence-electron chi connectivity index (χ0n) is 12.7. The van der Waals surface area contributed by atoms with Crippen molar-refractivity contribution in [2.75, 3.05) is 13.4 Å². The standard InChI is InChI=1S/C16H12ClFN2O5/c17-11-6-10(18)2-4-12(11)23-7-15(21)19-20-16(22)9-1-3-13-14(5-9)25-8-24-13/h1-6H,7-8H2,(H,19,21)(H,20,22). The molecule has 2 aromatic rings. The highest BCUT2D eigenvalue weighted by molar-refractivity contribution is 6.32. The number of nitrogens with one attached hydrogen (secondary N) is 2. The maximum Gasteiger partial charge on any atom is 0.276 e. The second kappa shape index (κ2) is 7.27. The minimum Gasteiger partial charge on any atom is -0.482 e. The Morgan fingerprint density at radius 2 is 1.92 bits per heavy atom. The highest BCUT2D eigenvalue weighted by Crippen LogP contribution is 2.32. The van der Waals surface area contributed by atoms with Crippen molar-refractivity contribution in [3.05, 3.63) is 52.8 Å². The van der Waals surface area contributed by atoms with Gasteiger partial charge >= 0.3 is 0 Å². The van der Waals surface area contributed by atoms with Crippen LogP contribution < -0.4 is 25.1 Å². The minimum atomic E-state index is -0.616. The van der Waals surface area contributed by atoms with Crippen molar-refractivity contribution in [1.29, 1.82) is 0 Å². The van der Waals surface area contributed by atoms with Crippen LogP contribution in [0.4, 0.5) is 4.39 Å². The van der Waals surface area contributed by atoms with Gasteiger partial charge in [0.1, 0.15) is 11.6 Å². The Morgan fingerprint density at radius 3 is 2.72 bits per heavy atom. The van der Waals surface area contributed by atoms with E-state index in [1.807, 2.05) is 0 Å². The molecule has 0 saturated heterocycles. The molecule has 130 valence electrons. The molecule has 0 bridgehead atoms. The summed E-state index contributed by atoms with van der Waals surface area (Å²) < 4.78 is 28.4. The number of ether oxygens (including phenoxy) is 3. The Balaban J connectivity index is 1.49. The molecule has 2 amide bonds. The van der Waals surface area contributed by atoms with Crippen LogP contribution in [-0.4, -0.2) is 25.2 Å². The summed E-state index contributed by atoms with van der Waals surface area (Å²) in [6.45, 7) is -0.312. The quantitative estimate of drug-likeness (QED) is 0.809. The highest BCUT2D eigenvalue weighted by atomic mass is 35.5. The number of benzene rings is 2. The van der Waals surface area contributed by atoms with E-state index in [9.17, 15) is 14.0 Å². The summed E-state index contributed by atoms with van der Waals surface area (Å²) in [6.07, 6.45) is 0. The summed E-state index contributed by atoms with van der Waals surface area (Å²) in [7, 11) is 0. The lowest BCUT2D eigenvalue weighted by atomic mass is 10.2. The molecule has 0 atom stereocenters. The van der Waals surface area contributed by atoms with Crippen LogP contribution in [0, 0.1) is 5.82 Å². The average molecular weight is 367 g/mol. The number of carbonyl (C=O) groups is 2. The first-order valence-electron chi connectivity index (χ1n) is 7.09. The lowest BCUT2D eigenvalue weighted by molar-refractivity contribution is -0.123. The molecule has 0 saturated carbocycles. The van der Waals surface area contributed by atoms with Crippen LogP contribution in [0.25, 0.3) is 0 Å². The van der Waals surface area contributed by atoms with Crippen LogP contribution in [0.3, 0.4) is 0 Å². The molecule has 0 fully saturated rings. The molecule has 25 heavy (non-hydrogen) atoms. The first kappa shape index (κ1) is 16.8. The van der Waals surface area contributed by atoms with Gasteiger partial charge in [-0.15, -0.1) is 0 Å². The molecule has 9 heteroatoms. The molecule has 0 radical (unpaired) electrons. The summed E-state index contributed by atoms with van der Waals surface area (Å²) >= 11 is 5.78. The van der Waals surface area contributed by atoms with Crippen molar-refractivity contribution in [3.8, 4) is 17.2 Å². The maximum absolute atomic E-state index is 12.9. The monoisotopic (exact) mass is 366 g/mol. The molecule has 2 N–H and O–H groups in total. The van der Waals surface area contributed by atoms with E-state index >= 15 is 0 Å². The van der Waals surface area contributed by atoms with Crippen molar-refractivity contribution in [3.63, 3.8) is 0 Å². The van der Waals surface area contributed by atoms with E-state index in [-0.39, 0.29) is 23.1 Å². The van der Waals surface area contributed by atoms with E-state index in [1.54, 1.807) is 6.07 Å². The molecular formula is C16H12ClFN2O5. The van der Waals surface area contributed by atoms with Gasteiger partial charge in [-0.1, -0.05) is 11.6 Å². The Morgan fingerprint density at radius 1 is 1.12 bits per heavy atom. The fraction of sp³-hybridized carbons (Fsp3) is 0.125. The summed E-state index contributed by atoms with van der Waals surface area (Å²) in [6, 6.07) is 8.15. The normalized spacial score (nSPS) is 11.8. The van der Waals surface area contributed by atoms with E-state index < -0.39 is 24.2 Å². The van der Waals surface area contributed by atoms with Crippen LogP contribution in [0.15, 0.2) is 36.4 Å². The molecule has 3 rings (SSSR count). The van der Waals surface area contributed by atoms with Gasteiger partial charge in [-0.25, -0.2) is 4.39 Å². The first-order valence-corrected chi connectivity index (χ1v) is 7.47. The maximum atomic E-state index is 12.9. The predicted octanol–water partition coefficient (Wildman–Crippen LogP) is 2.05. The fourth-order valence-corrected chi connectivity index (χ4v) is 2.23. The molecule has 1 aliphatic rings. The van der Waals surface area contributed by atoms with Crippen LogP contribution in [0.1, 0.15) is 10.4 Å². The molecular weight excluding hydrogens is 355 g/mol. The SMILES string of the molecule is O=C(COc1ccc(F)cc1Cl)NNC(=O)c1ccc2c(c1)OCO2. The van der Waals surface area contributed by atoms with Crippen molar-refractivity contribution < 1.29 is 28.2 Å². The van der Waals surface area contributed by atoms with Crippen LogP contribution >= 0.6 is 11.6 Å². The lowest BCUT2D eigenvalue weighted by Gasteiger charge is -2.10. The Kier molecular flexibility index (Phi) is 4.90. The van der Waals surface area contributed by atoms with Gasteiger partial charge in [0.25, 0.3) is 11.8 Å². The zero-order valence-corrected chi connectivity index (χ0v) is 13.4. The number of fused-ring (bicyclic) bond motifs is 1. The third-order valence-electron chi connectivity index (χ3n) is 3.20. The van der Waals surface area contributed by atoms with Crippen LogP contribution in [0.5, 0.6) is 17.2 Å². The number of carbonyl (C=O) groups excluding carboxylic acids is 2. The second-order valence-electron chi connectivity index (χ2n) is 4.93. The Hall–Kier alpha value is -3.00. The minimum absolute atomic E-state index is 0.0391. The zero-order chi connectivity index (χ0) is 17.8. The molecule has 2 aromatic carbocycles. The van der Waals surface area contributed by atoms with Crippen molar-refractivity contribution >= 4 is 23.4 Å². The average Bonchev–Trinajstić information content (AvgIpc) is 3.06. The van der Waals surface area contributed by atoms with Gasteiger partial charge in [0.05, 0.1) is 5.02 Å². The van der Waals surface area contributed by atoms with Crippen LogP contribution in [0.2, 0.25) is 5.02 Å². The van der Waals surface area contributed by atoms with E-state index in [4.69, 9.17) is 25.8 Å². The van der Waals surface area contributed by atoms with Gasteiger partial charge in [-0.2, -0.15) is 0 Å². The van der Waals surface area contributed by atoms with Crippen molar-refractivity contribution in [2.24, 2.45) is 0 Å². The number of rotatable bonds is 4. The Labute approximate surface area is 146 Å². The van der Waals surface area contributed by atoms with Crippen molar-refractivity contribution in [2.45, 2.75) is 0 Å². The molecule has 0 spiro atoms. The van der Waals surface area contributed by atoms with E-state index in [2.05, 4.69) is 10.9 Å². The molecule has 0 aliphatic carbocycles. The number of amides is 2. The highest BCUT2D eigenvalue weighted by Gasteiger charge is 2.16. The molecule has 1 heterocycles. The van der Waals surface area contributed by atoms with Gasteiger partial charge in [0.15, 0.2) is 18.1 Å². The summed E-state index contributed by atoms with van der Waals surface area (Å²) in [5, 5.41) is 0.0391. The van der Waals surface area contributed by atoms with Crippen LogP contribution in [-0.2, 0) is 4.79 Å². The summed E-state index contributed by atoms with van der Waals surface area (Å²) in [5.41, 5.74) is 4.72. The second-order valence-corrected chi connectivity index (χ2v) is 5.34. The third kappa shape index (κ3) is 4.10. The Bertz CT molecular complexity index is 830. The number of hydrogen-bond acceptors (Lipinski definition) is 5. The molecule has 0 aromatic heterocycles. The molecule has 1 aliphatic heterocycles. The molecule has 7 nitrogen and oxygen atoms in total. The largest absolute Gasteiger partial charge is 0.482 e. The first-order chi connectivity index (χ1) is 12.0. The number of hydrazine groups is 1. The van der Waals surface area contributed by atoms with E-state index in [1.165, 1.54) is 18.2 Å². The fourth-order valence-electron chi connectivity index (χ4n) is 2.01. The summed E-state index contributed by atoms with van der Waals surface area (Å²) in [5.74, 6) is -0.516. The van der Waals surface area contributed by atoms with Gasteiger partial charge in [0, 0.05) is 5.56 Å². The van der Waals surface area contributed by atoms with Gasteiger partial charge in [-0.05, 0) is 36.4 Å². The molecule has 0 unspecified atom stereocenters. The van der Waals surface area contributed by atoms with Crippen molar-refractivity contribution in [1.82, 2.24) is 10.9 Å². The predicted molar refractivity (Wildman–Crippen MR) is 85.1 cm³/mol. The van der Waals surface area contributed by atoms with Gasteiger partial charge in [-0.3, -0.25) is 20.4 Å². The smallest absolute Gasteiger partial charge is 0.276 e. The number of halogens is 2.